The van der Waals surface area contributed by atoms with Crippen molar-refractivity contribution in [2.24, 2.45) is 0 Å². The van der Waals surface area contributed by atoms with Gasteiger partial charge in [-0.2, -0.15) is 5.10 Å². The van der Waals surface area contributed by atoms with Crippen LogP contribution in [0.3, 0.4) is 0 Å². The first kappa shape index (κ1) is 15.7. The van der Waals surface area contributed by atoms with E-state index >= 15 is 0 Å². The topological polar surface area (TPSA) is 107 Å². The van der Waals surface area contributed by atoms with Gasteiger partial charge in [-0.15, -0.1) is 0 Å². The maximum Gasteiger partial charge on any atom is 0.269 e. The Kier molecular flexibility index (Phi) is 4.00. The average molecular weight is 344 g/mol. The Bertz CT molecular complexity index is 967. The molecule has 3 aromatic rings. The van der Waals surface area contributed by atoms with Crippen LogP contribution in [0.5, 0.6) is 0 Å². The van der Waals surface area contributed by atoms with Crippen molar-refractivity contribution < 1.29 is 13.3 Å². The molecule has 2 aromatic carbocycles. The lowest BCUT2D eigenvalue weighted by atomic mass is 10.3. The third kappa shape index (κ3) is 3.10. The Morgan fingerprint density at radius 3 is 2.38 bits per heavy atom. The number of nitrogens with one attached hydrogen (secondary N) is 1. The maximum absolute atomic E-state index is 12.5. The summed E-state index contributed by atoms with van der Waals surface area (Å²) in [6.45, 7) is 0. The Labute approximate surface area is 137 Å². The van der Waals surface area contributed by atoms with E-state index in [4.69, 9.17) is 0 Å². The third-order valence-electron chi connectivity index (χ3n) is 3.26. The number of hydrogen-bond donors (Lipinski definition) is 1. The molecule has 8 nitrogen and oxygen atoms in total. The summed E-state index contributed by atoms with van der Waals surface area (Å²) >= 11 is 0. The van der Waals surface area contributed by atoms with Gasteiger partial charge in [0.1, 0.15) is 0 Å². The number of nitrogens with zero attached hydrogens (tertiary/aromatic N) is 3. The molecule has 0 spiro atoms. The summed E-state index contributed by atoms with van der Waals surface area (Å²) in [4.78, 5) is 10.0. The molecular weight excluding hydrogens is 332 g/mol. The largest absolute Gasteiger partial charge is 0.277 e. The van der Waals surface area contributed by atoms with Gasteiger partial charge in [-0.25, -0.2) is 13.1 Å². The van der Waals surface area contributed by atoms with Crippen molar-refractivity contribution in [2.45, 2.75) is 4.90 Å². The van der Waals surface area contributed by atoms with Gasteiger partial charge < -0.3 is 0 Å². The minimum atomic E-state index is -3.88. The zero-order chi connectivity index (χ0) is 17.2. The molecule has 0 bridgehead atoms. The van der Waals surface area contributed by atoms with E-state index in [9.17, 15) is 18.5 Å². The standard InChI is InChI=1S/C15H12N4O4S/c20-19(21)12-6-8-13(9-7-12)24(22,23)17-14-4-1-2-5-15(14)18-11-3-10-16-18/h1-11,17H. The molecule has 0 atom stereocenters. The molecule has 24 heavy (non-hydrogen) atoms. The highest BCUT2D eigenvalue weighted by atomic mass is 32.2. The fourth-order valence-corrected chi connectivity index (χ4v) is 3.20. The number of aromatic nitrogens is 2. The van der Waals surface area contributed by atoms with Crippen LogP contribution >= 0.6 is 0 Å². The molecule has 0 saturated heterocycles. The van der Waals surface area contributed by atoms with Crippen LogP contribution in [0.1, 0.15) is 0 Å². The molecule has 122 valence electrons. The van der Waals surface area contributed by atoms with Gasteiger partial charge in [-0.05, 0) is 30.3 Å². The summed E-state index contributed by atoms with van der Waals surface area (Å²) in [6, 6.07) is 13.2. The summed E-state index contributed by atoms with van der Waals surface area (Å²) in [5.41, 5.74) is 0.735. The summed E-state index contributed by atoms with van der Waals surface area (Å²) in [7, 11) is -3.88. The first-order chi connectivity index (χ1) is 11.5. The van der Waals surface area contributed by atoms with Crippen molar-refractivity contribution in [3.8, 4) is 5.69 Å². The van der Waals surface area contributed by atoms with Crippen LogP contribution in [-0.2, 0) is 10.0 Å². The van der Waals surface area contributed by atoms with E-state index in [1.165, 1.54) is 16.8 Å². The molecule has 0 saturated carbocycles. The van der Waals surface area contributed by atoms with Crippen LogP contribution in [0, 0.1) is 10.1 Å². The Morgan fingerprint density at radius 2 is 1.75 bits per heavy atom. The smallest absolute Gasteiger partial charge is 0.269 e. The number of rotatable bonds is 5. The van der Waals surface area contributed by atoms with E-state index < -0.39 is 14.9 Å². The normalized spacial score (nSPS) is 11.2. The predicted octanol–water partition coefficient (Wildman–Crippen LogP) is 2.58. The fourth-order valence-electron chi connectivity index (χ4n) is 2.12. The van der Waals surface area contributed by atoms with Crippen molar-refractivity contribution in [1.82, 2.24) is 9.78 Å². The van der Waals surface area contributed by atoms with Crippen molar-refractivity contribution in [1.29, 1.82) is 0 Å². The van der Waals surface area contributed by atoms with Gasteiger partial charge >= 0.3 is 0 Å². The number of benzene rings is 2. The molecule has 0 aliphatic carbocycles. The number of nitro groups is 1. The lowest BCUT2D eigenvalue weighted by Crippen LogP contribution is -2.14. The summed E-state index contributed by atoms with van der Waals surface area (Å²) in [6.07, 6.45) is 3.28. The molecular formula is C15H12N4O4S. The molecule has 9 heteroatoms. The van der Waals surface area contributed by atoms with Gasteiger partial charge in [0, 0.05) is 24.5 Å². The van der Waals surface area contributed by atoms with Gasteiger partial charge in [-0.1, -0.05) is 12.1 Å². The van der Waals surface area contributed by atoms with Crippen LogP contribution in [0.25, 0.3) is 5.69 Å². The average Bonchev–Trinajstić information content (AvgIpc) is 3.09. The fraction of sp³-hybridized carbons (Fsp3) is 0. The van der Waals surface area contributed by atoms with E-state index in [1.807, 2.05) is 0 Å². The number of non-ortho nitro benzene ring substituents is 1. The first-order valence-electron chi connectivity index (χ1n) is 6.84. The van der Waals surface area contributed by atoms with E-state index in [2.05, 4.69) is 9.82 Å². The second-order valence-corrected chi connectivity index (χ2v) is 6.51. The van der Waals surface area contributed by atoms with Crippen molar-refractivity contribution >= 4 is 21.4 Å². The third-order valence-corrected chi connectivity index (χ3v) is 4.64. The zero-order valence-corrected chi connectivity index (χ0v) is 13.1. The van der Waals surface area contributed by atoms with Crippen molar-refractivity contribution in [2.75, 3.05) is 4.72 Å². The number of hydrogen-bond acceptors (Lipinski definition) is 5. The van der Waals surface area contributed by atoms with E-state index in [-0.39, 0.29) is 10.6 Å². The molecule has 0 fully saturated rings. The first-order valence-corrected chi connectivity index (χ1v) is 8.32. The second kappa shape index (κ2) is 6.13. The van der Waals surface area contributed by atoms with Crippen LogP contribution in [0.2, 0.25) is 0 Å². The molecule has 0 radical (unpaired) electrons. The van der Waals surface area contributed by atoms with Crippen LogP contribution in [-0.4, -0.2) is 23.1 Å². The second-order valence-electron chi connectivity index (χ2n) is 4.82. The number of sulfonamides is 1. The van der Waals surface area contributed by atoms with Gasteiger partial charge in [0.05, 0.1) is 21.2 Å². The molecule has 3 rings (SSSR count). The van der Waals surface area contributed by atoms with Crippen molar-refractivity contribution in [3.63, 3.8) is 0 Å². The molecule has 0 aliphatic rings. The number of anilines is 1. The van der Waals surface area contributed by atoms with Gasteiger partial charge in [0.15, 0.2) is 0 Å². The number of nitro benzene ring substituents is 1. The highest BCUT2D eigenvalue weighted by molar-refractivity contribution is 7.92. The summed E-state index contributed by atoms with van der Waals surface area (Å²) in [5.74, 6) is 0. The quantitative estimate of drug-likeness (QED) is 0.565. The van der Waals surface area contributed by atoms with Crippen molar-refractivity contribution in [3.05, 3.63) is 77.1 Å². The number of para-hydroxylation sites is 2. The summed E-state index contributed by atoms with van der Waals surface area (Å²) in [5, 5.41) is 14.7. The predicted molar refractivity (Wildman–Crippen MR) is 87.5 cm³/mol. The van der Waals surface area contributed by atoms with E-state index in [0.29, 0.717) is 11.4 Å². The molecule has 1 heterocycles. The molecule has 1 N–H and O–H groups in total. The van der Waals surface area contributed by atoms with E-state index in [1.54, 1.807) is 42.7 Å². The van der Waals surface area contributed by atoms with Gasteiger partial charge in [0.2, 0.25) is 0 Å². The van der Waals surface area contributed by atoms with Crippen LogP contribution < -0.4 is 4.72 Å². The Hall–Kier alpha value is -3.20. The zero-order valence-electron chi connectivity index (χ0n) is 12.2. The van der Waals surface area contributed by atoms with Gasteiger partial charge in [0.25, 0.3) is 15.7 Å². The SMILES string of the molecule is O=[N+]([O-])c1ccc(S(=O)(=O)Nc2ccccc2-n2cccn2)cc1. The maximum atomic E-state index is 12.5. The monoisotopic (exact) mass is 344 g/mol. The highest BCUT2D eigenvalue weighted by Crippen LogP contribution is 2.23. The van der Waals surface area contributed by atoms with Crippen LogP contribution in [0.4, 0.5) is 11.4 Å². The van der Waals surface area contributed by atoms with Gasteiger partial charge in [-0.3, -0.25) is 14.8 Å². The lowest BCUT2D eigenvalue weighted by molar-refractivity contribution is -0.384. The Morgan fingerprint density at radius 1 is 1.04 bits per heavy atom. The Balaban J connectivity index is 1.94. The van der Waals surface area contributed by atoms with E-state index in [0.717, 1.165) is 12.1 Å². The molecule has 1 aromatic heterocycles. The molecule has 0 unspecified atom stereocenters. The molecule has 0 amide bonds. The minimum Gasteiger partial charge on any atom is -0.277 e. The minimum absolute atomic E-state index is 0.0663. The molecule has 0 aliphatic heterocycles. The lowest BCUT2D eigenvalue weighted by Gasteiger charge is -2.12. The highest BCUT2D eigenvalue weighted by Gasteiger charge is 2.18. The van der Waals surface area contributed by atoms with Crippen LogP contribution in [0.15, 0.2) is 71.9 Å². The summed E-state index contributed by atoms with van der Waals surface area (Å²) < 4.78 is 29.0.